The number of rotatable bonds is 3. The van der Waals surface area contributed by atoms with Crippen LogP contribution in [0.4, 0.5) is 0 Å². The van der Waals surface area contributed by atoms with Crippen LogP contribution in [0.15, 0.2) is 41.5 Å². The second-order valence-corrected chi connectivity index (χ2v) is 5.45. The van der Waals surface area contributed by atoms with E-state index in [1.807, 2.05) is 0 Å². The van der Waals surface area contributed by atoms with Gasteiger partial charge >= 0.3 is 0 Å². The van der Waals surface area contributed by atoms with Crippen molar-refractivity contribution in [1.82, 2.24) is 10.4 Å². The standard InChI is InChI=1S/C16H12ClN3O4/c17-9-1-2-12-8(3-9)4-13(19-12)16(24)20-18-7-11-14(22)5-10(21)6-15(11)23/h1-7,19,21-23H,(H,20,24)/b18-7+. The number of carbonyl (C=O) groups excluding carboxylic acids is 1. The summed E-state index contributed by atoms with van der Waals surface area (Å²) in [5.74, 6) is -1.53. The highest BCUT2D eigenvalue weighted by Gasteiger charge is 2.10. The van der Waals surface area contributed by atoms with Crippen molar-refractivity contribution >= 4 is 34.6 Å². The van der Waals surface area contributed by atoms with E-state index in [1.165, 1.54) is 0 Å². The quantitative estimate of drug-likeness (QED) is 0.370. The maximum Gasteiger partial charge on any atom is 0.287 e. The molecule has 3 aromatic rings. The molecule has 5 N–H and O–H groups in total. The van der Waals surface area contributed by atoms with E-state index in [1.54, 1.807) is 24.3 Å². The molecule has 0 bridgehead atoms. The van der Waals surface area contributed by atoms with Crippen LogP contribution < -0.4 is 5.43 Å². The van der Waals surface area contributed by atoms with Gasteiger partial charge in [-0.1, -0.05) is 11.6 Å². The van der Waals surface area contributed by atoms with Gasteiger partial charge in [0.25, 0.3) is 5.91 Å². The molecule has 3 rings (SSSR count). The zero-order chi connectivity index (χ0) is 17.3. The highest BCUT2D eigenvalue weighted by Crippen LogP contribution is 2.30. The number of phenols is 3. The maximum absolute atomic E-state index is 12.1. The van der Waals surface area contributed by atoms with Gasteiger partial charge in [-0.3, -0.25) is 4.79 Å². The number of nitrogens with zero attached hydrogens (tertiary/aromatic N) is 1. The summed E-state index contributed by atoms with van der Waals surface area (Å²) in [7, 11) is 0. The van der Waals surface area contributed by atoms with E-state index in [0.717, 1.165) is 29.3 Å². The van der Waals surface area contributed by atoms with Crippen LogP contribution in [0.1, 0.15) is 16.1 Å². The van der Waals surface area contributed by atoms with Crippen LogP contribution in [0, 0.1) is 0 Å². The van der Waals surface area contributed by atoms with Crippen molar-refractivity contribution in [2.75, 3.05) is 0 Å². The van der Waals surface area contributed by atoms with Crippen molar-refractivity contribution < 1.29 is 20.1 Å². The van der Waals surface area contributed by atoms with Crippen LogP contribution in [0.5, 0.6) is 17.2 Å². The highest BCUT2D eigenvalue weighted by molar-refractivity contribution is 6.31. The van der Waals surface area contributed by atoms with E-state index in [0.29, 0.717) is 5.02 Å². The Bertz CT molecular complexity index is 942. The van der Waals surface area contributed by atoms with Gasteiger partial charge in [-0.05, 0) is 24.3 Å². The first-order valence-corrected chi connectivity index (χ1v) is 7.18. The smallest absolute Gasteiger partial charge is 0.287 e. The van der Waals surface area contributed by atoms with Gasteiger partial charge in [0.2, 0.25) is 0 Å². The minimum atomic E-state index is -0.503. The van der Waals surface area contributed by atoms with Crippen LogP contribution >= 0.6 is 11.6 Å². The summed E-state index contributed by atoms with van der Waals surface area (Å²) >= 11 is 5.90. The third-order valence-electron chi connectivity index (χ3n) is 3.31. The van der Waals surface area contributed by atoms with E-state index in [2.05, 4.69) is 15.5 Å². The summed E-state index contributed by atoms with van der Waals surface area (Å²) in [6, 6.07) is 8.90. The minimum Gasteiger partial charge on any atom is -0.508 e. The number of fused-ring (bicyclic) bond motifs is 1. The predicted octanol–water partition coefficient (Wildman–Crippen LogP) is 2.70. The molecule has 0 fully saturated rings. The molecule has 0 saturated heterocycles. The lowest BCUT2D eigenvalue weighted by atomic mass is 10.2. The molecule has 2 aromatic carbocycles. The van der Waals surface area contributed by atoms with Crippen LogP contribution in [0.25, 0.3) is 10.9 Å². The average molecular weight is 346 g/mol. The molecule has 0 atom stereocenters. The largest absolute Gasteiger partial charge is 0.508 e. The molecule has 0 unspecified atom stereocenters. The lowest BCUT2D eigenvalue weighted by molar-refractivity contribution is 0.0951. The number of phenolic OH excluding ortho intramolecular Hbond substituents is 3. The number of carbonyl (C=O) groups is 1. The number of hydrazone groups is 1. The first kappa shape index (κ1) is 15.7. The van der Waals surface area contributed by atoms with Crippen LogP contribution in [0.3, 0.4) is 0 Å². The number of hydrogen-bond donors (Lipinski definition) is 5. The summed E-state index contributed by atoms with van der Waals surface area (Å²) in [6.45, 7) is 0. The molecule has 0 radical (unpaired) electrons. The van der Waals surface area contributed by atoms with Crippen LogP contribution in [-0.2, 0) is 0 Å². The summed E-state index contributed by atoms with van der Waals surface area (Å²) in [5, 5.41) is 33.5. The summed E-state index contributed by atoms with van der Waals surface area (Å²) < 4.78 is 0. The average Bonchev–Trinajstić information content (AvgIpc) is 2.92. The number of halogens is 1. The predicted molar refractivity (Wildman–Crippen MR) is 89.8 cm³/mol. The van der Waals surface area contributed by atoms with Crippen molar-refractivity contribution in [3.8, 4) is 17.2 Å². The second kappa shape index (κ2) is 6.13. The lowest BCUT2D eigenvalue weighted by Gasteiger charge is -2.03. The van der Waals surface area contributed by atoms with Crippen molar-refractivity contribution in [2.24, 2.45) is 5.10 Å². The van der Waals surface area contributed by atoms with Crippen molar-refractivity contribution in [3.63, 3.8) is 0 Å². The Morgan fingerprint density at radius 2 is 1.83 bits per heavy atom. The fraction of sp³-hybridized carbons (Fsp3) is 0. The number of H-pyrrole nitrogens is 1. The van der Waals surface area contributed by atoms with Crippen LogP contribution in [-0.4, -0.2) is 32.4 Å². The number of aromatic amines is 1. The summed E-state index contributed by atoms with van der Waals surface area (Å²) in [5.41, 5.74) is 3.28. The van der Waals surface area contributed by atoms with Crippen molar-refractivity contribution in [1.29, 1.82) is 0 Å². The molecule has 122 valence electrons. The molecule has 8 heteroatoms. The number of aromatic hydroxyl groups is 3. The molecule has 0 aliphatic carbocycles. The Balaban J connectivity index is 1.77. The zero-order valence-corrected chi connectivity index (χ0v) is 12.9. The van der Waals surface area contributed by atoms with E-state index in [4.69, 9.17) is 11.6 Å². The minimum absolute atomic E-state index is 0.0310. The van der Waals surface area contributed by atoms with Gasteiger partial charge < -0.3 is 20.3 Å². The van der Waals surface area contributed by atoms with Gasteiger partial charge in [0.1, 0.15) is 22.9 Å². The molecule has 0 saturated carbocycles. The highest BCUT2D eigenvalue weighted by atomic mass is 35.5. The fourth-order valence-corrected chi connectivity index (χ4v) is 2.36. The third kappa shape index (κ3) is 3.11. The van der Waals surface area contributed by atoms with Gasteiger partial charge in [-0.25, -0.2) is 5.43 Å². The molecular formula is C16H12ClN3O4. The zero-order valence-electron chi connectivity index (χ0n) is 12.1. The third-order valence-corrected chi connectivity index (χ3v) is 3.54. The molecule has 1 amide bonds. The molecule has 24 heavy (non-hydrogen) atoms. The fourth-order valence-electron chi connectivity index (χ4n) is 2.18. The SMILES string of the molecule is O=C(N/N=C/c1c(O)cc(O)cc1O)c1cc2cc(Cl)ccc2[nH]1. The molecule has 0 aliphatic rings. The Labute approximate surface area is 140 Å². The van der Waals surface area contributed by atoms with Gasteiger partial charge in [0, 0.05) is 28.1 Å². The molecule has 0 aliphatic heterocycles. The first-order chi connectivity index (χ1) is 11.4. The lowest BCUT2D eigenvalue weighted by Crippen LogP contribution is -2.17. The Morgan fingerprint density at radius 3 is 2.54 bits per heavy atom. The number of aromatic nitrogens is 1. The summed E-state index contributed by atoms with van der Waals surface area (Å²) in [6.07, 6.45) is 1.07. The maximum atomic E-state index is 12.1. The van der Waals surface area contributed by atoms with E-state index >= 15 is 0 Å². The van der Waals surface area contributed by atoms with Gasteiger partial charge in [0.15, 0.2) is 0 Å². The molecule has 1 heterocycles. The van der Waals surface area contributed by atoms with Gasteiger partial charge in [-0.15, -0.1) is 0 Å². The number of hydrogen-bond acceptors (Lipinski definition) is 5. The van der Waals surface area contributed by atoms with Crippen molar-refractivity contribution in [2.45, 2.75) is 0 Å². The number of nitrogens with one attached hydrogen (secondary N) is 2. The van der Waals surface area contributed by atoms with E-state index < -0.39 is 5.91 Å². The van der Waals surface area contributed by atoms with Gasteiger partial charge in [-0.2, -0.15) is 5.10 Å². The van der Waals surface area contributed by atoms with E-state index in [9.17, 15) is 20.1 Å². The Morgan fingerprint density at radius 1 is 1.12 bits per heavy atom. The number of benzene rings is 2. The van der Waals surface area contributed by atoms with Crippen molar-refractivity contribution in [3.05, 3.63) is 52.7 Å². The monoisotopic (exact) mass is 345 g/mol. The molecule has 0 spiro atoms. The van der Waals surface area contributed by atoms with E-state index in [-0.39, 0.29) is 28.5 Å². The molecule has 7 nitrogen and oxygen atoms in total. The van der Waals surface area contributed by atoms with Crippen LogP contribution in [0.2, 0.25) is 5.02 Å². The van der Waals surface area contributed by atoms with Gasteiger partial charge in [0.05, 0.1) is 11.8 Å². The normalized spacial score (nSPS) is 11.2. The molecular weight excluding hydrogens is 334 g/mol. The second-order valence-electron chi connectivity index (χ2n) is 5.01. The summed E-state index contributed by atoms with van der Waals surface area (Å²) in [4.78, 5) is 15.0. The Kier molecular flexibility index (Phi) is 4.01. The topological polar surface area (TPSA) is 118 Å². The first-order valence-electron chi connectivity index (χ1n) is 6.80. The number of amides is 1. The molecule has 1 aromatic heterocycles. The Hall–Kier alpha value is -3.19.